The lowest BCUT2D eigenvalue weighted by atomic mass is 9.83. The number of rotatable bonds is 6. The second-order valence-electron chi connectivity index (χ2n) is 8.99. The first kappa shape index (κ1) is 26.3. The monoisotopic (exact) mass is 521 g/mol. The van der Waals surface area contributed by atoms with Crippen LogP contribution in [0.1, 0.15) is 41.5 Å². The molecule has 1 N–H and O–H groups in total. The molecule has 8 heteroatoms. The van der Waals surface area contributed by atoms with Gasteiger partial charge in [0.1, 0.15) is 11.6 Å². The highest BCUT2D eigenvalue weighted by atomic mass is 35.5. The molecule has 190 valence electrons. The van der Waals surface area contributed by atoms with Crippen molar-refractivity contribution in [2.75, 3.05) is 19.6 Å². The van der Waals surface area contributed by atoms with E-state index in [4.69, 9.17) is 11.6 Å². The molecule has 0 unspecified atom stereocenters. The third-order valence-electron chi connectivity index (χ3n) is 6.60. The summed E-state index contributed by atoms with van der Waals surface area (Å²) in [5.41, 5.74) is 0.373. The Kier molecular flexibility index (Phi) is 7.83. The van der Waals surface area contributed by atoms with Crippen molar-refractivity contribution in [3.05, 3.63) is 112 Å². The minimum Gasteiger partial charge on any atom is -0.385 e. The Morgan fingerprint density at radius 1 is 0.889 bits per heavy atom. The number of hydrogen-bond acceptors (Lipinski definition) is 2. The first-order chi connectivity index (χ1) is 17.0. The summed E-state index contributed by atoms with van der Waals surface area (Å²) in [6.07, 6.45) is -1.36. The molecule has 0 radical (unpaired) electrons. The molecule has 1 aliphatic heterocycles. The molecular formula is C28H25ClF5NO. The van der Waals surface area contributed by atoms with Crippen LogP contribution in [0.4, 0.5) is 22.0 Å². The van der Waals surface area contributed by atoms with Crippen LogP contribution in [-0.2, 0) is 11.8 Å². The average molecular weight is 522 g/mol. The SMILES string of the molecule is OC1(c2ccc(Cl)c(C(F)(F)F)c2)CCN(CCC=C(c2ccc(F)cc2)c2ccc(F)cc2)CC1. The third-order valence-corrected chi connectivity index (χ3v) is 6.93. The van der Waals surface area contributed by atoms with Crippen LogP contribution in [0.3, 0.4) is 0 Å². The van der Waals surface area contributed by atoms with E-state index in [2.05, 4.69) is 4.90 Å². The van der Waals surface area contributed by atoms with Gasteiger partial charge in [-0.25, -0.2) is 8.78 Å². The van der Waals surface area contributed by atoms with E-state index in [1.165, 1.54) is 36.4 Å². The molecule has 0 aliphatic carbocycles. The third kappa shape index (κ3) is 6.14. The summed E-state index contributed by atoms with van der Waals surface area (Å²) < 4.78 is 66.6. The topological polar surface area (TPSA) is 23.5 Å². The fraction of sp³-hybridized carbons (Fsp3) is 0.286. The predicted octanol–water partition coefficient (Wildman–Crippen LogP) is 7.44. The van der Waals surface area contributed by atoms with Crippen molar-refractivity contribution in [2.24, 2.45) is 0 Å². The van der Waals surface area contributed by atoms with E-state index in [-0.39, 0.29) is 17.2 Å². The highest BCUT2D eigenvalue weighted by Crippen LogP contribution is 2.40. The quantitative estimate of drug-likeness (QED) is 0.341. The predicted molar refractivity (Wildman–Crippen MR) is 131 cm³/mol. The molecule has 1 aliphatic rings. The molecule has 1 saturated heterocycles. The van der Waals surface area contributed by atoms with Gasteiger partial charge in [0.25, 0.3) is 0 Å². The summed E-state index contributed by atoms with van der Waals surface area (Å²) in [6.45, 7) is 1.68. The summed E-state index contributed by atoms with van der Waals surface area (Å²) in [5, 5.41) is 10.7. The van der Waals surface area contributed by atoms with E-state index < -0.39 is 22.4 Å². The van der Waals surface area contributed by atoms with E-state index in [0.29, 0.717) is 38.9 Å². The van der Waals surface area contributed by atoms with Crippen molar-refractivity contribution in [3.8, 4) is 0 Å². The summed E-state index contributed by atoms with van der Waals surface area (Å²) in [7, 11) is 0. The maximum Gasteiger partial charge on any atom is 0.417 e. The molecule has 0 bridgehead atoms. The number of halogens is 6. The van der Waals surface area contributed by atoms with Gasteiger partial charge in [0.2, 0.25) is 0 Å². The Hall–Kier alpha value is -2.74. The van der Waals surface area contributed by atoms with Crippen LogP contribution in [0.2, 0.25) is 5.02 Å². The molecule has 1 heterocycles. The molecule has 0 atom stereocenters. The lowest BCUT2D eigenvalue weighted by molar-refractivity contribution is -0.137. The van der Waals surface area contributed by atoms with E-state index in [1.54, 1.807) is 24.3 Å². The van der Waals surface area contributed by atoms with Crippen LogP contribution in [0, 0.1) is 11.6 Å². The van der Waals surface area contributed by atoms with Crippen LogP contribution >= 0.6 is 11.6 Å². The summed E-state index contributed by atoms with van der Waals surface area (Å²) >= 11 is 5.72. The van der Waals surface area contributed by atoms with Crippen LogP contribution in [0.5, 0.6) is 0 Å². The Morgan fingerprint density at radius 2 is 1.42 bits per heavy atom. The smallest absolute Gasteiger partial charge is 0.385 e. The van der Waals surface area contributed by atoms with Crippen LogP contribution in [0.15, 0.2) is 72.8 Å². The molecule has 3 aromatic carbocycles. The molecule has 0 spiro atoms. The van der Waals surface area contributed by atoms with Gasteiger partial charge in [-0.15, -0.1) is 0 Å². The van der Waals surface area contributed by atoms with Gasteiger partial charge in [0.05, 0.1) is 16.2 Å². The summed E-state index contributed by atoms with van der Waals surface area (Å²) in [4.78, 5) is 2.14. The van der Waals surface area contributed by atoms with Gasteiger partial charge in [0, 0.05) is 19.6 Å². The second kappa shape index (κ2) is 10.7. The number of nitrogens with zero attached hydrogens (tertiary/aromatic N) is 1. The molecule has 3 aromatic rings. The number of aliphatic hydroxyl groups is 1. The molecule has 2 nitrogen and oxygen atoms in total. The number of benzene rings is 3. The summed E-state index contributed by atoms with van der Waals surface area (Å²) in [5.74, 6) is -0.692. The van der Waals surface area contributed by atoms with Crippen molar-refractivity contribution in [3.63, 3.8) is 0 Å². The molecule has 36 heavy (non-hydrogen) atoms. The lowest BCUT2D eigenvalue weighted by Crippen LogP contribution is -2.42. The Bertz CT molecular complexity index is 1170. The van der Waals surface area contributed by atoms with E-state index in [0.717, 1.165) is 22.8 Å². The van der Waals surface area contributed by atoms with Crippen molar-refractivity contribution in [1.29, 1.82) is 0 Å². The van der Waals surface area contributed by atoms with Gasteiger partial charge >= 0.3 is 6.18 Å². The lowest BCUT2D eigenvalue weighted by Gasteiger charge is -2.38. The highest BCUT2D eigenvalue weighted by molar-refractivity contribution is 6.31. The minimum absolute atomic E-state index is 0.216. The van der Waals surface area contributed by atoms with Crippen LogP contribution in [-0.4, -0.2) is 29.6 Å². The molecule has 4 rings (SSSR count). The Balaban J connectivity index is 1.43. The molecular weight excluding hydrogens is 497 g/mol. The van der Waals surface area contributed by atoms with Gasteiger partial charge in [-0.05, 0) is 77.9 Å². The van der Waals surface area contributed by atoms with E-state index in [9.17, 15) is 27.1 Å². The number of piperidine rings is 1. The number of hydrogen-bond donors (Lipinski definition) is 1. The van der Waals surface area contributed by atoms with Crippen molar-refractivity contribution < 1.29 is 27.1 Å². The zero-order valence-electron chi connectivity index (χ0n) is 19.3. The van der Waals surface area contributed by atoms with Gasteiger partial charge in [0.15, 0.2) is 0 Å². The van der Waals surface area contributed by atoms with E-state index >= 15 is 0 Å². The second-order valence-corrected chi connectivity index (χ2v) is 9.39. The highest BCUT2D eigenvalue weighted by Gasteiger charge is 2.38. The number of likely N-dealkylation sites (tertiary alicyclic amines) is 1. The molecule has 0 saturated carbocycles. The van der Waals surface area contributed by atoms with Crippen molar-refractivity contribution in [1.82, 2.24) is 4.90 Å². The molecule has 0 amide bonds. The average Bonchev–Trinajstić information content (AvgIpc) is 2.84. The van der Waals surface area contributed by atoms with Crippen LogP contribution < -0.4 is 0 Å². The zero-order chi connectivity index (χ0) is 25.9. The van der Waals surface area contributed by atoms with E-state index in [1.807, 2.05) is 6.08 Å². The zero-order valence-corrected chi connectivity index (χ0v) is 20.1. The summed E-state index contributed by atoms with van der Waals surface area (Å²) in [6, 6.07) is 15.8. The largest absolute Gasteiger partial charge is 0.417 e. The first-order valence-corrected chi connectivity index (χ1v) is 12.0. The first-order valence-electron chi connectivity index (χ1n) is 11.6. The maximum atomic E-state index is 13.4. The molecule has 0 aromatic heterocycles. The Labute approximate surface area is 211 Å². The Morgan fingerprint density at radius 3 is 1.92 bits per heavy atom. The van der Waals surface area contributed by atoms with Crippen LogP contribution in [0.25, 0.3) is 5.57 Å². The van der Waals surface area contributed by atoms with Crippen molar-refractivity contribution >= 4 is 17.2 Å². The normalized spacial score (nSPS) is 16.1. The van der Waals surface area contributed by atoms with Gasteiger partial charge < -0.3 is 10.0 Å². The molecule has 1 fully saturated rings. The fourth-order valence-electron chi connectivity index (χ4n) is 4.52. The van der Waals surface area contributed by atoms with Crippen molar-refractivity contribution in [2.45, 2.75) is 31.0 Å². The maximum absolute atomic E-state index is 13.4. The fourth-order valence-corrected chi connectivity index (χ4v) is 4.74. The standard InChI is InChI=1S/C28H25ClF5NO/c29-26-12-7-21(18-25(26)28(32,33)34)27(36)13-16-35(17-14-27)15-1-2-24(19-3-8-22(30)9-4-19)20-5-10-23(31)11-6-20/h2-12,18,36H,1,13-17H2. The van der Waals surface area contributed by atoms with Gasteiger partial charge in [-0.2, -0.15) is 13.2 Å². The van der Waals surface area contributed by atoms with Gasteiger partial charge in [-0.3, -0.25) is 0 Å². The number of alkyl halides is 3. The van der Waals surface area contributed by atoms with Gasteiger partial charge in [-0.1, -0.05) is 48.0 Å². The minimum atomic E-state index is -4.59.